The van der Waals surface area contributed by atoms with Gasteiger partial charge in [0.2, 0.25) is 0 Å². The molecule has 0 saturated carbocycles. The first-order chi connectivity index (χ1) is 6.66. The second-order valence-electron chi connectivity index (χ2n) is 2.69. The van der Waals surface area contributed by atoms with Gasteiger partial charge in [-0.15, -0.1) is 0 Å². The van der Waals surface area contributed by atoms with Crippen LogP contribution in [0.25, 0.3) is 11.0 Å². The summed E-state index contributed by atoms with van der Waals surface area (Å²) in [5.74, 6) is 0. The Labute approximate surface area is 87.3 Å². The lowest BCUT2D eigenvalue weighted by Crippen LogP contribution is -2.07. The Bertz CT molecular complexity index is 494. The molecule has 0 bridgehead atoms. The highest BCUT2D eigenvalue weighted by Gasteiger charge is 2.04. The third-order valence-electron chi connectivity index (χ3n) is 1.73. The number of aromatic amines is 1. The molecule has 0 spiro atoms. The third kappa shape index (κ3) is 1.56. The number of aromatic nitrogens is 2. The number of anilines is 1. The highest BCUT2D eigenvalue weighted by atomic mass is 79.9. The molecule has 0 aromatic carbocycles. The quantitative estimate of drug-likeness (QED) is 0.733. The standard InChI is InChI=1S/C8H6BrN3O2/c9-6-3-11-7-5(6)1-4(2-10-7)12-8(13)14/h1-3,12H,(H,10,11)(H,13,14). The van der Waals surface area contributed by atoms with Crippen LogP contribution in [0.3, 0.4) is 0 Å². The number of rotatable bonds is 1. The first-order valence-electron chi connectivity index (χ1n) is 3.79. The molecular formula is C8H6BrN3O2. The van der Waals surface area contributed by atoms with Gasteiger partial charge in [0.1, 0.15) is 5.65 Å². The molecule has 0 atom stereocenters. The van der Waals surface area contributed by atoms with Crippen LogP contribution in [0.5, 0.6) is 0 Å². The number of H-pyrrole nitrogens is 1. The van der Waals surface area contributed by atoms with Crippen molar-refractivity contribution in [1.29, 1.82) is 0 Å². The highest BCUT2D eigenvalue weighted by molar-refractivity contribution is 9.10. The fourth-order valence-corrected chi connectivity index (χ4v) is 1.58. The average Bonchev–Trinajstić information content (AvgIpc) is 2.47. The predicted molar refractivity (Wildman–Crippen MR) is 55.4 cm³/mol. The first kappa shape index (κ1) is 9.01. The monoisotopic (exact) mass is 255 g/mol. The van der Waals surface area contributed by atoms with Gasteiger partial charge < -0.3 is 10.1 Å². The number of pyridine rings is 1. The molecule has 72 valence electrons. The number of nitrogens with one attached hydrogen (secondary N) is 2. The van der Waals surface area contributed by atoms with E-state index in [1.54, 1.807) is 12.3 Å². The van der Waals surface area contributed by atoms with Gasteiger partial charge in [-0.05, 0) is 22.0 Å². The van der Waals surface area contributed by atoms with E-state index in [0.717, 1.165) is 9.86 Å². The molecule has 14 heavy (non-hydrogen) atoms. The molecule has 0 radical (unpaired) electrons. The van der Waals surface area contributed by atoms with Crippen LogP contribution in [0.2, 0.25) is 0 Å². The molecule has 0 aliphatic rings. The topological polar surface area (TPSA) is 78.0 Å². The van der Waals surface area contributed by atoms with E-state index in [4.69, 9.17) is 5.11 Å². The van der Waals surface area contributed by atoms with E-state index >= 15 is 0 Å². The van der Waals surface area contributed by atoms with E-state index in [-0.39, 0.29) is 0 Å². The lowest BCUT2D eigenvalue weighted by molar-refractivity contribution is 0.209. The fraction of sp³-hybridized carbons (Fsp3) is 0. The molecule has 6 heteroatoms. The van der Waals surface area contributed by atoms with E-state index < -0.39 is 6.09 Å². The summed E-state index contributed by atoms with van der Waals surface area (Å²) in [6.07, 6.45) is 2.11. The number of carboxylic acid groups (broad SMARTS) is 1. The van der Waals surface area contributed by atoms with Crippen molar-refractivity contribution in [2.24, 2.45) is 0 Å². The number of nitrogens with zero attached hydrogens (tertiary/aromatic N) is 1. The molecule has 0 unspecified atom stereocenters. The van der Waals surface area contributed by atoms with Gasteiger partial charge in [0.25, 0.3) is 0 Å². The van der Waals surface area contributed by atoms with Crippen LogP contribution in [0.15, 0.2) is 22.9 Å². The smallest absolute Gasteiger partial charge is 0.409 e. The lowest BCUT2D eigenvalue weighted by Gasteiger charge is -1.99. The van der Waals surface area contributed by atoms with Gasteiger partial charge in [-0.3, -0.25) is 5.32 Å². The van der Waals surface area contributed by atoms with E-state index in [1.807, 2.05) is 0 Å². The number of fused-ring (bicyclic) bond motifs is 1. The minimum absolute atomic E-state index is 0.449. The molecule has 0 aliphatic carbocycles. The van der Waals surface area contributed by atoms with Crippen LogP contribution in [0.1, 0.15) is 0 Å². The van der Waals surface area contributed by atoms with Gasteiger partial charge in [0.05, 0.1) is 11.9 Å². The molecule has 0 saturated heterocycles. The molecule has 2 heterocycles. The molecule has 0 fully saturated rings. The minimum atomic E-state index is -1.10. The maximum Gasteiger partial charge on any atom is 0.409 e. The second kappa shape index (κ2) is 3.30. The van der Waals surface area contributed by atoms with Crippen molar-refractivity contribution in [3.63, 3.8) is 0 Å². The predicted octanol–water partition coefficient (Wildman–Crippen LogP) is 2.42. The lowest BCUT2D eigenvalue weighted by atomic mass is 10.3. The number of hydrogen-bond donors (Lipinski definition) is 3. The van der Waals surface area contributed by atoms with Gasteiger partial charge >= 0.3 is 6.09 Å². The molecular weight excluding hydrogens is 250 g/mol. The second-order valence-corrected chi connectivity index (χ2v) is 3.54. The zero-order chi connectivity index (χ0) is 10.1. The Hall–Kier alpha value is -1.56. The van der Waals surface area contributed by atoms with Crippen molar-refractivity contribution in [2.45, 2.75) is 0 Å². The van der Waals surface area contributed by atoms with Gasteiger partial charge in [-0.2, -0.15) is 0 Å². The van der Waals surface area contributed by atoms with E-state index in [9.17, 15) is 4.79 Å². The molecule has 2 aromatic heterocycles. The normalized spacial score (nSPS) is 10.4. The van der Waals surface area contributed by atoms with Crippen LogP contribution < -0.4 is 5.32 Å². The van der Waals surface area contributed by atoms with Crippen molar-refractivity contribution in [3.05, 3.63) is 22.9 Å². The maximum absolute atomic E-state index is 10.4. The number of amides is 1. The summed E-state index contributed by atoms with van der Waals surface area (Å²) in [4.78, 5) is 17.3. The number of halogens is 1. The molecule has 0 aliphatic heterocycles. The van der Waals surface area contributed by atoms with Gasteiger partial charge in [0.15, 0.2) is 0 Å². The Balaban J connectivity index is 2.49. The van der Waals surface area contributed by atoms with E-state index in [2.05, 4.69) is 31.2 Å². The van der Waals surface area contributed by atoms with Crippen molar-refractivity contribution in [3.8, 4) is 0 Å². The molecule has 1 amide bonds. The number of carbonyl (C=O) groups is 1. The Morgan fingerprint density at radius 1 is 1.64 bits per heavy atom. The summed E-state index contributed by atoms with van der Waals surface area (Å²) in [5.41, 5.74) is 1.16. The summed E-state index contributed by atoms with van der Waals surface area (Å²) in [6.45, 7) is 0. The first-order valence-corrected chi connectivity index (χ1v) is 4.58. The van der Waals surface area contributed by atoms with Crippen LogP contribution in [0, 0.1) is 0 Å². The SMILES string of the molecule is O=C(O)Nc1cnc2[nH]cc(Br)c2c1. The number of hydrogen-bond acceptors (Lipinski definition) is 2. The van der Waals surface area contributed by atoms with Gasteiger partial charge in [-0.25, -0.2) is 9.78 Å². The molecule has 2 rings (SSSR count). The summed E-state index contributed by atoms with van der Waals surface area (Å²) < 4.78 is 0.856. The third-order valence-corrected chi connectivity index (χ3v) is 2.39. The Kier molecular flexibility index (Phi) is 2.12. The highest BCUT2D eigenvalue weighted by Crippen LogP contribution is 2.24. The van der Waals surface area contributed by atoms with Crippen molar-refractivity contribution in [1.82, 2.24) is 9.97 Å². The van der Waals surface area contributed by atoms with Crippen LogP contribution in [-0.2, 0) is 0 Å². The zero-order valence-corrected chi connectivity index (χ0v) is 8.50. The van der Waals surface area contributed by atoms with Crippen LogP contribution >= 0.6 is 15.9 Å². The minimum Gasteiger partial charge on any atom is -0.465 e. The van der Waals surface area contributed by atoms with E-state index in [0.29, 0.717) is 11.3 Å². The van der Waals surface area contributed by atoms with Crippen molar-refractivity contribution < 1.29 is 9.90 Å². The summed E-state index contributed by atoms with van der Waals surface area (Å²) in [7, 11) is 0. The van der Waals surface area contributed by atoms with Gasteiger partial charge in [-0.1, -0.05) is 0 Å². The van der Waals surface area contributed by atoms with Crippen molar-refractivity contribution in [2.75, 3.05) is 5.32 Å². The van der Waals surface area contributed by atoms with Gasteiger partial charge in [0, 0.05) is 16.1 Å². The van der Waals surface area contributed by atoms with E-state index in [1.165, 1.54) is 6.20 Å². The zero-order valence-electron chi connectivity index (χ0n) is 6.91. The molecule has 3 N–H and O–H groups in total. The largest absolute Gasteiger partial charge is 0.465 e. The molecule has 5 nitrogen and oxygen atoms in total. The Morgan fingerprint density at radius 3 is 3.14 bits per heavy atom. The Morgan fingerprint density at radius 2 is 2.43 bits per heavy atom. The van der Waals surface area contributed by atoms with Crippen LogP contribution in [-0.4, -0.2) is 21.2 Å². The average molecular weight is 256 g/mol. The summed E-state index contributed by atoms with van der Waals surface area (Å²) in [5, 5.41) is 11.6. The van der Waals surface area contributed by atoms with Crippen LogP contribution in [0.4, 0.5) is 10.5 Å². The summed E-state index contributed by atoms with van der Waals surface area (Å²) in [6, 6.07) is 1.71. The maximum atomic E-state index is 10.4. The summed E-state index contributed by atoms with van der Waals surface area (Å²) >= 11 is 3.32. The molecule has 2 aromatic rings. The fourth-order valence-electron chi connectivity index (χ4n) is 1.16. The van der Waals surface area contributed by atoms with Crippen molar-refractivity contribution >= 4 is 38.7 Å².